The van der Waals surface area contributed by atoms with Crippen LogP contribution in [0, 0.1) is 0 Å². The first kappa shape index (κ1) is 15.3. The van der Waals surface area contributed by atoms with Gasteiger partial charge in [-0.3, -0.25) is 4.98 Å². The molecule has 0 radical (unpaired) electrons. The van der Waals surface area contributed by atoms with Crippen LogP contribution in [0.1, 0.15) is 55.3 Å². The molecule has 1 aromatic heterocycles. The van der Waals surface area contributed by atoms with Crippen molar-refractivity contribution in [2.24, 2.45) is 0 Å². The summed E-state index contributed by atoms with van der Waals surface area (Å²) in [7, 11) is 0. The largest absolute Gasteiger partial charge is 0.478 e. The van der Waals surface area contributed by atoms with Crippen molar-refractivity contribution >= 4 is 17.7 Å². The average Bonchev–Trinajstić information content (AvgIpc) is 2.42. The summed E-state index contributed by atoms with van der Waals surface area (Å²) in [5.74, 6) is -1.06. The van der Waals surface area contributed by atoms with E-state index in [1.54, 1.807) is 0 Å². The Bertz CT molecular complexity index is 497. The summed E-state index contributed by atoms with van der Waals surface area (Å²) in [5.41, 5.74) is 0.442. The van der Waals surface area contributed by atoms with Crippen molar-refractivity contribution in [1.82, 2.24) is 10.3 Å². The molecule has 1 aromatic rings. The molecular formula is C15H21N3O3. The van der Waals surface area contributed by atoms with Crippen LogP contribution in [0.2, 0.25) is 0 Å². The molecule has 3 N–H and O–H groups in total. The molecule has 0 atom stereocenters. The molecule has 1 aliphatic rings. The molecule has 0 saturated heterocycles. The zero-order valence-corrected chi connectivity index (χ0v) is 12.0. The van der Waals surface area contributed by atoms with Crippen molar-refractivity contribution in [3.05, 3.63) is 24.0 Å². The maximum atomic E-state index is 12.0. The Hall–Kier alpha value is -2.11. The van der Waals surface area contributed by atoms with Crippen LogP contribution in [0.4, 0.5) is 10.5 Å². The maximum Gasteiger partial charge on any atom is 0.337 e. The number of hydrogen-bond acceptors (Lipinski definition) is 3. The molecule has 1 heterocycles. The van der Waals surface area contributed by atoms with Gasteiger partial charge in [0, 0.05) is 12.2 Å². The van der Waals surface area contributed by atoms with E-state index in [9.17, 15) is 9.59 Å². The third kappa shape index (κ3) is 5.06. The quantitative estimate of drug-likeness (QED) is 0.798. The van der Waals surface area contributed by atoms with Crippen LogP contribution in [-0.4, -0.2) is 28.1 Å². The maximum absolute atomic E-state index is 12.0. The fraction of sp³-hybridized carbons (Fsp3) is 0.533. The summed E-state index contributed by atoms with van der Waals surface area (Å²) in [6, 6.07) is 1.29. The molecule has 0 aromatic carbocycles. The van der Waals surface area contributed by atoms with E-state index < -0.39 is 5.97 Å². The number of carboxylic acid groups (broad SMARTS) is 1. The van der Waals surface area contributed by atoms with Crippen molar-refractivity contribution in [2.75, 3.05) is 5.32 Å². The highest BCUT2D eigenvalue weighted by Gasteiger charge is 2.14. The Labute approximate surface area is 124 Å². The number of aromatic nitrogens is 1. The third-order valence-electron chi connectivity index (χ3n) is 3.68. The van der Waals surface area contributed by atoms with Crippen LogP contribution < -0.4 is 10.6 Å². The first-order valence-electron chi connectivity index (χ1n) is 7.41. The summed E-state index contributed by atoms with van der Waals surface area (Å²) in [6.45, 7) is 0. The monoisotopic (exact) mass is 291 g/mol. The molecule has 1 saturated carbocycles. The average molecular weight is 291 g/mol. The normalized spacial score (nSPS) is 16.6. The van der Waals surface area contributed by atoms with Crippen LogP contribution in [0.15, 0.2) is 18.5 Å². The highest BCUT2D eigenvalue weighted by Crippen LogP contribution is 2.17. The number of aromatic carboxylic acids is 1. The van der Waals surface area contributed by atoms with Crippen molar-refractivity contribution in [1.29, 1.82) is 0 Å². The van der Waals surface area contributed by atoms with E-state index in [-0.39, 0.29) is 17.6 Å². The number of carbonyl (C=O) groups is 2. The summed E-state index contributed by atoms with van der Waals surface area (Å²) < 4.78 is 0. The fourth-order valence-electron chi connectivity index (χ4n) is 2.58. The second kappa shape index (κ2) is 7.61. The summed E-state index contributed by atoms with van der Waals surface area (Å²) in [6.07, 6.45) is 10.7. The Balaban J connectivity index is 1.88. The number of amides is 2. The van der Waals surface area contributed by atoms with E-state index in [4.69, 9.17) is 5.11 Å². The summed E-state index contributed by atoms with van der Waals surface area (Å²) >= 11 is 0. The van der Waals surface area contributed by atoms with E-state index in [0.29, 0.717) is 5.69 Å². The van der Waals surface area contributed by atoms with Gasteiger partial charge in [-0.1, -0.05) is 32.1 Å². The van der Waals surface area contributed by atoms with Crippen molar-refractivity contribution in [3.8, 4) is 0 Å². The van der Waals surface area contributed by atoms with E-state index in [1.165, 1.54) is 37.7 Å². The number of anilines is 1. The Morgan fingerprint density at radius 2 is 1.76 bits per heavy atom. The van der Waals surface area contributed by atoms with Gasteiger partial charge in [0.05, 0.1) is 17.4 Å². The van der Waals surface area contributed by atoms with Gasteiger partial charge in [0.25, 0.3) is 0 Å². The molecule has 0 spiro atoms. The molecule has 114 valence electrons. The summed E-state index contributed by atoms with van der Waals surface area (Å²) in [5, 5.41) is 14.5. The lowest BCUT2D eigenvalue weighted by molar-refractivity contribution is 0.0696. The molecule has 1 fully saturated rings. The smallest absolute Gasteiger partial charge is 0.337 e. The van der Waals surface area contributed by atoms with Crippen LogP contribution in [0.25, 0.3) is 0 Å². The molecule has 2 amide bonds. The number of carboxylic acids is 1. The van der Waals surface area contributed by atoms with Gasteiger partial charge >= 0.3 is 12.0 Å². The van der Waals surface area contributed by atoms with Gasteiger partial charge in [-0.25, -0.2) is 9.59 Å². The number of urea groups is 1. The van der Waals surface area contributed by atoms with Crippen LogP contribution in [-0.2, 0) is 0 Å². The van der Waals surface area contributed by atoms with E-state index >= 15 is 0 Å². The van der Waals surface area contributed by atoms with Gasteiger partial charge in [-0.2, -0.15) is 0 Å². The fourth-order valence-corrected chi connectivity index (χ4v) is 2.58. The number of nitrogens with zero attached hydrogens (tertiary/aromatic N) is 1. The number of carbonyl (C=O) groups excluding carboxylic acids is 1. The van der Waals surface area contributed by atoms with E-state index in [0.717, 1.165) is 25.7 Å². The first-order chi connectivity index (χ1) is 10.1. The van der Waals surface area contributed by atoms with E-state index in [1.807, 2.05) is 0 Å². The third-order valence-corrected chi connectivity index (χ3v) is 3.68. The van der Waals surface area contributed by atoms with E-state index in [2.05, 4.69) is 15.6 Å². The van der Waals surface area contributed by atoms with Crippen LogP contribution in [0.5, 0.6) is 0 Å². The zero-order valence-electron chi connectivity index (χ0n) is 12.0. The van der Waals surface area contributed by atoms with Crippen molar-refractivity contribution in [3.63, 3.8) is 0 Å². The van der Waals surface area contributed by atoms with Gasteiger partial charge in [0.15, 0.2) is 0 Å². The van der Waals surface area contributed by atoms with Gasteiger partial charge < -0.3 is 15.7 Å². The molecule has 1 aliphatic carbocycles. The Morgan fingerprint density at radius 3 is 2.43 bits per heavy atom. The molecule has 0 unspecified atom stereocenters. The van der Waals surface area contributed by atoms with Crippen molar-refractivity contribution in [2.45, 2.75) is 51.0 Å². The first-order valence-corrected chi connectivity index (χ1v) is 7.41. The van der Waals surface area contributed by atoms with Gasteiger partial charge in [0.1, 0.15) is 0 Å². The Kier molecular flexibility index (Phi) is 5.54. The predicted molar refractivity (Wildman–Crippen MR) is 79.5 cm³/mol. The Morgan fingerprint density at radius 1 is 1.10 bits per heavy atom. The number of nitrogens with one attached hydrogen (secondary N) is 2. The highest BCUT2D eigenvalue weighted by molar-refractivity contribution is 5.92. The number of rotatable bonds is 3. The molecule has 6 heteroatoms. The second-order valence-electron chi connectivity index (χ2n) is 5.41. The molecule has 2 rings (SSSR count). The molecule has 0 aliphatic heterocycles. The van der Waals surface area contributed by atoms with Gasteiger partial charge in [-0.15, -0.1) is 0 Å². The highest BCUT2D eigenvalue weighted by atomic mass is 16.4. The second-order valence-corrected chi connectivity index (χ2v) is 5.41. The van der Waals surface area contributed by atoms with Crippen LogP contribution >= 0.6 is 0 Å². The number of hydrogen-bond donors (Lipinski definition) is 3. The standard InChI is InChI=1S/C15H21N3O3/c19-14(20)11-8-13(10-16-9-11)18-15(21)17-12-6-4-2-1-3-5-7-12/h8-10,12H,1-7H2,(H,19,20)(H2,17,18,21). The van der Waals surface area contributed by atoms with Crippen LogP contribution in [0.3, 0.4) is 0 Å². The molecular weight excluding hydrogens is 270 g/mol. The molecule has 6 nitrogen and oxygen atoms in total. The minimum Gasteiger partial charge on any atom is -0.478 e. The van der Waals surface area contributed by atoms with Gasteiger partial charge in [-0.05, 0) is 18.9 Å². The zero-order chi connectivity index (χ0) is 15.1. The lowest BCUT2D eigenvalue weighted by atomic mass is 9.97. The molecule has 0 bridgehead atoms. The minimum absolute atomic E-state index is 0.0544. The predicted octanol–water partition coefficient (Wildman–Crippen LogP) is 3.01. The lowest BCUT2D eigenvalue weighted by Gasteiger charge is -2.21. The lowest BCUT2D eigenvalue weighted by Crippen LogP contribution is -2.38. The minimum atomic E-state index is -1.06. The number of pyridine rings is 1. The topological polar surface area (TPSA) is 91.3 Å². The van der Waals surface area contributed by atoms with Gasteiger partial charge in [0.2, 0.25) is 0 Å². The summed E-state index contributed by atoms with van der Waals surface area (Å²) in [4.78, 5) is 26.6. The SMILES string of the molecule is O=C(Nc1cncc(C(=O)O)c1)NC1CCCCCCC1. The van der Waals surface area contributed by atoms with Crippen molar-refractivity contribution < 1.29 is 14.7 Å². The molecule has 21 heavy (non-hydrogen) atoms.